The second-order valence-corrected chi connectivity index (χ2v) is 5.63. The molecule has 98 valence electrons. The lowest BCUT2D eigenvalue weighted by atomic mass is 9.91. The fourth-order valence-electron chi connectivity index (χ4n) is 3.06. The Bertz CT molecular complexity index is 269. The first kappa shape index (κ1) is 12.8. The van der Waals surface area contributed by atoms with Gasteiger partial charge in [-0.15, -0.1) is 0 Å². The highest BCUT2D eigenvalue weighted by atomic mass is 16.2. The van der Waals surface area contributed by atoms with Crippen LogP contribution in [0, 0.1) is 0 Å². The summed E-state index contributed by atoms with van der Waals surface area (Å²) in [7, 11) is 0. The van der Waals surface area contributed by atoms with Crippen molar-refractivity contribution in [3.63, 3.8) is 0 Å². The van der Waals surface area contributed by atoms with Gasteiger partial charge in [0.2, 0.25) is 5.91 Å². The number of amides is 1. The molecule has 0 radical (unpaired) electrons. The number of nitrogens with two attached hydrogens (primary N) is 1. The van der Waals surface area contributed by atoms with E-state index in [0.29, 0.717) is 24.0 Å². The molecule has 1 heterocycles. The summed E-state index contributed by atoms with van der Waals surface area (Å²) in [6.45, 7) is 3.96. The highest BCUT2D eigenvalue weighted by Gasteiger charge is 2.24. The zero-order valence-electron chi connectivity index (χ0n) is 10.8. The molecule has 1 aliphatic carbocycles. The van der Waals surface area contributed by atoms with Crippen molar-refractivity contribution in [2.45, 2.75) is 63.6 Å². The minimum atomic E-state index is 0.319. The van der Waals surface area contributed by atoms with Crippen LogP contribution in [0.3, 0.4) is 0 Å². The zero-order valence-corrected chi connectivity index (χ0v) is 10.8. The Balaban J connectivity index is 1.72. The van der Waals surface area contributed by atoms with Crippen LogP contribution in [0.4, 0.5) is 0 Å². The normalized spacial score (nSPS) is 31.9. The standard InChI is InChI=1S/C13H25N3O/c1-10(9-16-7-3-6-13(16)17)15-12-5-2-4-11(14)8-12/h10-12,15H,2-9,14H2,1H3. The van der Waals surface area contributed by atoms with Crippen LogP contribution in [0.25, 0.3) is 0 Å². The molecule has 0 bridgehead atoms. The van der Waals surface area contributed by atoms with E-state index in [2.05, 4.69) is 12.2 Å². The molecule has 2 rings (SSSR count). The first-order chi connectivity index (χ1) is 8.15. The maximum absolute atomic E-state index is 11.5. The average Bonchev–Trinajstić information content (AvgIpc) is 2.64. The molecule has 1 amide bonds. The second kappa shape index (κ2) is 5.83. The van der Waals surface area contributed by atoms with Gasteiger partial charge in [0, 0.05) is 37.6 Å². The van der Waals surface area contributed by atoms with Gasteiger partial charge in [0.05, 0.1) is 0 Å². The average molecular weight is 239 g/mol. The van der Waals surface area contributed by atoms with Gasteiger partial charge in [0.1, 0.15) is 0 Å². The maximum Gasteiger partial charge on any atom is 0.222 e. The van der Waals surface area contributed by atoms with Crippen molar-refractivity contribution in [3.05, 3.63) is 0 Å². The van der Waals surface area contributed by atoms with Crippen LogP contribution in [0.15, 0.2) is 0 Å². The van der Waals surface area contributed by atoms with Gasteiger partial charge in [-0.2, -0.15) is 0 Å². The Morgan fingerprint density at radius 3 is 2.94 bits per heavy atom. The number of carbonyl (C=O) groups is 1. The fraction of sp³-hybridized carbons (Fsp3) is 0.923. The van der Waals surface area contributed by atoms with Gasteiger partial charge in [0.15, 0.2) is 0 Å². The number of rotatable bonds is 4. The molecule has 4 heteroatoms. The van der Waals surface area contributed by atoms with Gasteiger partial charge in [-0.25, -0.2) is 0 Å². The SMILES string of the molecule is CC(CN1CCCC1=O)NC1CCCC(N)C1. The van der Waals surface area contributed by atoms with Crippen molar-refractivity contribution < 1.29 is 4.79 Å². The molecule has 3 atom stereocenters. The summed E-state index contributed by atoms with van der Waals surface area (Å²) in [6.07, 6.45) is 6.47. The first-order valence-corrected chi connectivity index (χ1v) is 6.94. The van der Waals surface area contributed by atoms with Gasteiger partial charge < -0.3 is 16.0 Å². The van der Waals surface area contributed by atoms with E-state index in [4.69, 9.17) is 5.73 Å². The summed E-state index contributed by atoms with van der Waals surface area (Å²) < 4.78 is 0. The van der Waals surface area contributed by atoms with Crippen LogP contribution in [0.1, 0.15) is 45.4 Å². The van der Waals surface area contributed by atoms with Crippen molar-refractivity contribution in [2.24, 2.45) is 5.73 Å². The van der Waals surface area contributed by atoms with Crippen LogP contribution in [0.2, 0.25) is 0 Å². The van der Waals surface area contributed by atoms with E-state index < -0.39 is 0 Å². The third kappa shape index (κ3) is 3.68. The summed E-state index contributed by atoms with van der Waals surface area (Å²) in [4.78, 5) is 13.5. The lowest BCUT2D eigenvalue weighted by molar-refractivity contribution is -0.128. The van der Waals surface area contributed by atoms with Crippen molar-refractivity contribution >= 4 is 5.91 Å². The topological polar surface area (TPSA) is 58.4 Å². The Morgan fingerprint density at radius 1 is 1.47 bits per heavy atom. The van der Waals surface area contributed by atoms with Gasteiger partial charge in [-0.05, 0) is 32.6 Å². The molecule has 2 fully saturated rings. The van der Waals surface area contributed by atoms with E-state index in [0.717, 1.165) is 38.8 Å². The molecular weight excluding hydrogens is 214 g/mol. The van der Waals surface area contributed by atoms with E-state index in [-0.39, 0.29) is 0 Å². The number of hydrogen-bond donors (Lipinski definition) is 2. The van der Waals surface area contributed by atoms with Crippen molar-refractivity contribution in [1.29, 1.82) is 0 Å². The number of carbonyl (C=O) groups excluding carboxylic acids is 1. The smallest absolute Gasteiger partial charge is 0.222 e. The van der Waals surface area contributed by atoms with E-state index in [1.54, 1.807) is 0 Å². The van der Waals surface area contributed by atoms with Gasteiger partial charge in [-0.1, -0.05) is 6.42 Å². The van der Waals surface area contributed by atoms with Crippen LogP contribution in [0.5, 0.6) is 0 Å². The largest absolute Gasteiger partial charge is 0.341 e. The van der Waals surface area contributed by atoms with E-state index in [9.17, 15) is 4.79 Å². The molecule has 2 aliphatic rings. The Labute approximate surface area is 104 Å². The van der Waals surface area contributed by atoms with E-state index >= 15 is 0 Å². The van der Waals surface area contributed by atoms with Gasteiger partial charge in [0.25, 0.3) is 0 Å². The third-order valence-corrected chi connectivity index (χ3v) is 3.90. The molecule has 0 aromatic rings. The lowest BCUT2D eigenvalue weighted by Crippen LogP contribution is -2.47. The van der Waals surface area contributed by atoms with Crippen molar-refractivity contribution in [1.82, 2.24) is 10.2 Å². The predicted molar refractivity (Wildman–Crippen MR) is 68.6 cm³/mol. The summed E-state index contributed by atoms with van der Waals surface area (Å²) in [5.41, 5.74) is 5.98. The second-order valence-electron chi connectivity index (χ2n) is 5.63. The van der Waals surface area contributed by atoms with Gasteiger partial charge >= 0.3 is 0 Å². The van der Waals surface area contributed by atoms with Crippen LogP contribution >= 0.6 is 0 Å². The minimum absolute atomic E-state index is 0.319. The number of hydrogen-bond acceptors (Lipinski definition) is 3. The Kier molecular flexibility index (Phi) is 4.40. The number of nitrogens with zero attached hydrogens (tertiary/aromatic N) is 1. The van der Waals surface area contributed by atoms with E-state index in [1.807, 2.05) is 4.90 Å². The van der Waals surface area contributed by atoms with Crippen LogP contribution < -0.4 is 11.1 Å². The molecule has 0 aromatic carbocycles. The molecule has 4 nitrogen and oxygen atoms in total. The Morgan fingerprint density at radius 2 is 2.29 bits per heavy atom. The zero-order chi connectivity index (χ0) is 12.3. The lowest BCUT2D eigenvalue weighted by Gasteiger charge is -2.31. The minimum Gasteiger partial charge on any atom is -0.341 e. The summed E-state index contributed by atoms with van der Waals surface area (Å²) in [5.74, 6) is 0.319. The predicted octanol–water partition coefficient (Wildman–Crippen LogP) is 0.857. The summed E-state index contributed by atoms with van der Waals surface area (Å²) in [6, 6.07) is 1.29. The monoisotopic (exact) mass is 239 g/mol. The maximum atomic E-state index is 11.5. The molecule has 3 N–H and O–H groups in total. The third-order valence-electron chi connectivity index (χ3n) is 3.90. The van der Waals surface area contributed by atoms with Crippen molar-refractivity contribution in [2.75, 3.05) is 13.1 Å². The molecule has 1 saturated heterocycles. The van der Waals surface area contributed by atoms with Crippen molar-refractivity contribution in [3.8, 4) is 0 Å². The molecule has 1 aliphatic heterocycles. The van der Waals surface area contributed by atoms with Crippen LogP contribution in [-0.4, -0.2) is 42.0 Å². The summed E-state index contributed by atoms with van der Waals surface area (Å²) >= 11 is 0. The molecule has 3 unspecified atom stereocenters. The molecule has 17 heavy (non-hydrogen) atoms. The highest BCUT2D eigenvalue weighted by molar-refractivity contribution is 5.78. The highest BCUT2D eigenvalue weighted by Crippen LogP contribution is 2.18. The van der Waals surface area contributed by atoms with Crippen LogP contribution in [-0.2, 0) is 4.79 Å². The summed E-state index contributed by atoms with van der Waals surface area (Å²) in [5, 5.41) is 3.62. The molecule has 0 aromatic heterocycles. The fourth-order valence-corrected chi connectivity index (χ4v) is 3.06. The molecule has 1 saturated carbocycles. The van der Waals surface area contributed by atoms with Gasteiger partial charge in [-0.3, -0.25) is 4.79 Å². The van der Waals surface area contributed by atoms with E-state index in [1.165, 1.54) is 12.8 Å². The number of likely N-dealkylation sites (tertiary alicyclic amines) is 1. The molecule has 0 spiro atoms. The molecular formula is C13H25N3O. The first-order valence-electron chi connectivity index (χ1n) is 6.94. The Hall–Kier alpha value is -0.610. The quantitative estimate of drug-likeness (QED) is 0.765. The number of nitrogens with one attached hydrogen (secondary N) is 1.